The highest BCUT2D eigenvalue weighted by Crippen LogP contribution is 2.40. The van der Waals surface area contributed by atoms with Gasteiger partial charge >= 0.3 is 0 Å². The minimum Gasteiger partial charge on any atom is -0.481 e. The fourth-order valence-electron chi connectivity index (χ4n) is 2.91. The van der Waals surface area contributed by atoms with E-state index in [0.717, 1.165) is 5.56 Å². The van der Waals surface area contributed by atoms with Crippen molar-refractivity contribution in [2.75, 3.05) is 11.9 Å². The first-order valence-electron chi connectivity index (χ1n) is 8.33. The zero-order valence-electron chi connectivity index (χ0n) is 14.7. The van der Waals surface area contributed by atoms with Crippen LogP contribution >= 0.6 is 0 Å². The lowest BCUT2D eigenvalue weighted by Gasteiger charge is -2.32. The van der Waals surface area contributed by atoms with Crippen LogP contribution in [-0.4, -0.2) is 23.8 Å². The zero-order valence-corrected chi connectivity index (χ0v) is 14.7. The molecule has 2 N–H and O–H groups in total. The van der Waals surface area contributed by atoms with E-state index in [2.05, 4.69) is 30.1 Å². The van der Waals surface area contributed by atoms with Crippen molar-refractivity contribution in [3.05, 3.63) is 59.2 Å². The number of carbonyl (C=O) groups is 1. The molecule has 0 aliphatic carbocycles. The Labute approximate surface area is 152 Å². The number of ether oxygens (including phenoxy) is 1. The monoisotopic (exact) mass is 348 g/mol. The fraction of sp³-hybridized carbons (Fsp3) is 0.238. The fourth-order valence-corrected chi connectivity index (χ4v) is 2.91. The van der Waals surface area contributed by atoms with Crippen molar-refractivity contribution in [1.29, 1.82) is 0 Å². The molecule has 2 aromatic rings. The standard InChI is InChI=1S/C21H20N2O3/c1-4-11-26-17-9-10-19-18(12-17)21(25,23-20(13-24)22-19)16-7-5-15(6-8-16)14(2)3/h1,5-10,12-14,25H,11H2,2-3H3,(H,22,23). The average molecular weight is 348 g/mol. The van der Waals surface area contributed by atoms with E-state index in [9.17, 15) is 9.90 Å². The van der Waals surface area contributed by atoms with Crippen LogP contribution < -0.4 is 10.1 Å². The molecule has 132 valence electrons. The van der Waals surface area contributed by atoms with Gasteiger partial charge in [-0.05, 0) is 29.7 Å². The number of nitrogens with zero attached hydrogens (tertiary/aromatic N) is 1. The number of fused-ring (bicyclic) bond motifs is 1. The van der Waals surface area contributed by atoms with Gasteiger partial charge in [0, 0.05) is 16.8 Å². The predicted molar refractivity (Wildman–Crippen MR) is 101 cm³/mol. The third-order valence-corrected chi connectivity index (χ3v) is 4.33. The molecule has 0 bridgehead atoms. The number of anilines is 1. The molecular weight excluding hydrogens is 328 g/mol. The minimum absolute atomic E-state index is 0.0604. The first kappa shape index (κ1) is 17.7. The van der Waals surface area contributed by atoms with E-state index in [1.807, 2.05) is 24.3 Å². The number of hydrogen-bond acceptors (Lipinski definition) is 5. The van der Waals surface area contributed by atoms with Crippen molar-refractivity contribution in [2.24, 2.45) is 4.99 Å². The molecule has 1 unspecified atom stereocenters. The number of aldehydes is 1. The van der Waals surface area contributed by atoms with Gasteiger partial charge in [0.1, 0.15) is 12.4 Å². The molecule has 0 saturated heterocycles. The number of rotatable bonds is 5. The maximum atomic E-state index is 11.4. The summed E-state index contributed by atoms with van der Waals surface area (Å²) in [4.78, 5) is 15.5. The Morgan fingerprint density at radius 1 is 1.31 bits per heavy atom. The van der Waals surface area contributed by atoms with E-state index >= 15 is 0 Å². The van der Waals surface area contributed by atoms with E-state index in [1.165, 1.54) is 0 Å². The maximum absolute atomic E-state index is 11.4. The van der Waals surface area contributed by atoms with Gasteiger partial charge in [0.15, 0.2) is 12.1 Å². The number of benzene rings is 2. The molecule has 5 heteroatoms. The Morgan fingerprint density at radius 3 is 2.65 bits per heavy atom. The lowest BCUT2D eigenvalue weighted by atomic mass is 9.90. The molecule has 3 rings (SSSR count). The Hall–Kier alpha value is -3.10. The topological polar surface area (TPSA) is 70.9 Å². The van der Waals surface area contributed by atoms with Crippen LogP contribution in [0, 0.1) is 12.3 Å². The first-order chi connectivity index (χ1) is 12.5. The zero-order chi connectivity index (χ0) is 18.7. The second kappa shape index (κ2) is 7.03. The molecule has 0 amide bonds. The Bertz CT molecular complexity index is 894. The summed E-state index contributed by atoms with van der Waals surface area (Å²) in [7, 11) is 0. The molecule has 0 fully saturated rings. The van der Waals surface area contributed by atoms with Crippen LogP contribution in [0.2, 0.25) is 0 Å². The molecule has 0 saturated carbocycles. The van der Waals surface area contributed by atoms with Gasteiger partial charge in [-0.25, -0.2) is 4.99 Å². The number of amidine groups is 1. The van der Waals surface area contributed by atoms with E-state index in [0.29, 0.717) is 34.8 Å². The van der Waals surface area contributed by atoms with Crippen molar-refractivity contribution < 1.29 is 14.6 Å². The van der Waals surface area contributed by atoms with Crippen molar-refractivity contribution >= 4 is 17.8 Å². The van der Waals surface area contributed by atoms with Gasteiger partial charge in [-0.1, -0.05) is 44.0 Å². The Balaban J connectivity index is 2.11. The SMILES string of the molecule is C#CCOc1ccc2c(c1)C(O)(c1ccc(C(C)C)cc1)N=C(C=O)N2. The molecule has 1 aliphatic rings. The predicted octanol–water partition coefficient (Wildman–Crippen LogP) is 3.04. The van der Waals surface area contributed by atoms with E-state index < -0.39 is 5.72 Å². The van der Waals surface area contributed by atoms with Crippen LogP contribution in [0.5, 0.6) is 5.75 Å². The molecule has 26 heavy (non-hydrogen) atoms. The lowest BCUT2D eigenvalue weighted by Crippen LogP contribution is -2.34. The smallest absolute Gasteiger partial charge is 0.213 e. The second-order valence-corrected chi connectivity index (χ2v) is 6.39. The summed E-state index contributed by atoms with van der Waals surface area (Å²) >= 11 is 0. The van der Waals surface area contributed by atoms with Crippen LogP contribution in [0.25, 0.3) is 0 Å². The van der Waals surface area contributed by atoms with Gasteiger partial charge < -0.3 is 15.2 Å². The summed E-state index contributed by atoms with van der Waals surface area (Å²) in [6.07, 6.45) is 5.82. The number of aliphatic imine (C=N–C) groups is 1. The highest BCUT2D eigenvalue weighted by atomic mass is 16.5. The number of nitrogens with one attached hydrogen (secondary N) is 1. The van der Waals surface area contributed by atoms with Gasteiger partial charge in [-0.3, -0.25) is 4.79 Å². The van der Waals surface area contributed by atoms with Crippen LogP contribution in [0.1, 0.15) is 36.5 Å². The van der Waals surface area contributed by atoms with Crippen LogP contribution in [0.15, 0.2) is 47.5 Å². The number of carbonyl (C=O) groups excluding carboxylic acids is 1. The summed E-state index contributed by atoms with van der Waals surface area (Å²) in [5.74, 6) is 3.36. The van der Waals surface area contributed by atoms with Crippen molar-refractivity contribution in [3.63, 3.8) is 0 Å². The van der Waals surface area contributed by atoms with Crippen LogP contribution in [-0.2, 0) is 10.5 Å². The highest BCUT2D eigenvalue weighted by molar-refractivity contribution is 6.33. The Kier molecular flexibility index (Phi) is 4.79. The molecule has 0 spiro atoms. The molecule has 5 nitrogen and oxygen atoms in total. The van der Waals surface area contributed by atoms with Gasteiger partial charge in [-0.15, -0.1) is 6.42 Å². The van der Waals surface area contributed by atoms with Crippen molar-refractivity contribution in [1.82, 2.24) is 0 Å². The maximum Gasteiger partial charge on any atom is 0.213 e. The molecule has 1 atom stereocenters. The lowest BCUT2D eigenvalue weighted by molar-refractivity contribution is -0.102. The van der Waals surface area contributed by atoms with Crippen LogP contribution in [0.4, 0.5) is 5.69 Å². The number of aliphatic hydroxyl groups is 1. The van der Waals surface area contributed by atoms with Gasteiger partial charge in [0.05, 0.1) is 0 Å². The Morgan fingerprint density at radius 2 is 2.04 bits per heavy atom. The summed E-state index contributed by atoms with van der Waals surface area (Å²) in [5.41, 5.74) is 1.11. The first-order valence-corrected chi connectivity index (χ1v) is 8.33. The molecule has 0 radical (unpaired) electrons. The van der Waals surface area contributed by atoms with Gasteiger partial charge in [-0.2, -0.15) is 0 Å². The molecule has 2 aromatic carbocycles. The largest absolute Gasteiger partial charge is 0.481 e. The molecular formula is C21H20N2O3. The van der Waals surface area contributed by atoms with Gasteiger partial charge in [0.2, 0.25) is 5.72 Å². The number of hydrogen-bond donors (Lipinski definition) is 2. The minimum atomic E-state index is -1.69. The third-order valence-electron chi connectivity index (χ3n) is 4.33. The summed E-state index contributed by atoms with van der Waals surface area (Å²) in [6, 6.07) is 12.7. The normalized spacial score (nSPS) is 18.3. The average Bonchev–Trinajstić information content (AvgIpc) is 2.66. The summed E-state index contributed by atoms with van der Waals surface area (Å²) in [6.45, 7) is 4.32. The van der Waals surface area contributed by atoms with Gasteiger partial charge in [0.25, 0.3) is 0 Å². The van der Waals surface area contributed by atoms with E-state index in [1.54, 1.807) is 18.2 Å². The summed E-state index contributed by atoms with van der Waals surface area (Å²) < 4.78 is 5.46. The molecule has 0 aromatic heterocycles. The van der Waals surface area contributed by atoms with E-state index in [-0.39, 0.29) is 12.4 Å². The molecule has 1 heterocycles. The second-order valence-electron chi connectivity index (χ2n) is 6.39. The highest BCUT2D eigenvalue weighted by Gasteiger charge is 2.37. The van der Waals surface area contributed by atoms with Crippen LogP contribution in [0.3, 0.4) is 0 Å². The third kappa shape index (κ3) is 3.19. The quantitative estimate of drug-likeness (QED) is 0.644. The summed E-state index contributed by atoms with van der Waals surface area (Å²) in [5, 5.41) is 14.3. The van der Waals surface area contributed by atoms with E-state index in [4.69, 9.17) is 11.2 Å². The van der Waals surface area contributed by atoms with Crippen molar-refractivity contribution in [3.8, 4) is 18.1 Å². The molecule has 1 aliphatic heterocycles. The van der Waals surface area contributed by atoms with Crippen molar-refractivity contribution in [2.45, 2.75) is 25.5 Å². The number of terminal acetylenes is 1.